The van der Waals surface area contributed by atoms with Crippen molar-refractivity contribution in [2.75, 3.05) is 0 Å². The third-order valence-electron chi connectivity index (χ3n) is 8.33. The first-order valence-electron chi connectivity index (χ1n) is 12.6. The Morgan fingerprint density at radius 1 is 0.529 bits per heavy atom. The van der Waals surface area contributed by atoms with Gasteiger partial charge in [-0.2, -0.15) is 0 Å². The summed E-state index contributed by atoms with van der Waals surface area (Å²) in [6, 6.07) is 19.7. The van der Waals surface area contributed by atoms with E-state index in [0.717, 1.165) is 47.0 Å². The largest absolute Gasteiger partial charge is 0.341 e. The molecule has 2 aromatic carbocycles. The van der Waals surface area contributed by atoms with Crippen LogP contribution in [-0.4, -0.2) is 32.0 Å². The molecule has 6 atom stereocenters. The predicted octanol–water partition coefficient (Wildman–Crippen LogP) is 4.98. The second kappa shape index (κ2) is 7.14. The summed E-state index contributed by atoms with van der Waals surface area (Å²) in [4.78, 5) is 16.4. The minimum atomic E-state index is 0.390. The molecule has 2 saturated heterocycles. The molecule has 4 heterocycles. The standard InChI is InChI=1S/C28H28N6/c1-5-17(25-13-29-27(33-25)23-11-19-9-21(19)31-23)6-2-15(1)16-3-7-18(8-4-16)26-14-30-28(34-26)24-12-20-10-22(20)32-24/h1-8,13-14,19-24,31-32H,9-12H2,(H,29,33)(H,30,34)/t19-,20-,21?,22?,23+,24+/m1/s1. The van der Waals surface area contributed by atoms with Crippen LogP contribution in [0.25, 0.3) is 33.6 Å². The van der Waals surface area contributed by atoms with Crippen LogP contribution >= 0.6 is 0 Å². The average Bonchev–Trinajstić information content (AvgIpc) is 3.46. The van der Waals surface area contributed by atoms with Gasteiger partial charge in [-0.3, -0.25) is 0 Å². The first kappa shape index (κ1) is 19.1. The fourth-order valence-electron chi connectivity index (χ4n) is 6.07. The third kappa shape index (κ3) is 3.24. The number of nitrogens with zero attached hydrogens (tertiary/aromatic N) is 2. The Bertz CT molecular complexity index is 1220. The number of aromatic nitrogens is 4. The first-order chi connectivity index (χ1) is 16.8. The summed E-state index contributed by atoms with van der Waals surface area (Å²) in [7, 11) is 0. The molecular weight excluding hydrogens is 420 g/mol. The van der Waals surface area contributed by atoms with Crippen molar-refractivity contribution in [1.82, 2.24) is 30.6 Å². The second-order valence-electron chi connectivity index (χ2n) is 10.6. The number of aromatic amines is 2. The summed E-state index contributed by atoms with van der Waals surface area (Å²) in [6.45, 7) is 0. The van der Waals surface area contributed by atoms with Crippen molar-refractivity contribution in [3.05, 3.63) is 72.6 Å². The van der Waals surface area contributed by atoms with Gasteiger partial charge in [-0.25, -0.2) is 9.97 Å². The number of imidazole rings is 2. The van der Waals surface area contributed by atoms with Crippen molar-refractivity contribution in [2.24, 2.45) is 11.8 Å². The summed E-state index contributed by atoms with van der Waals surface area (Å²) in [5, 5.41) is 7.34. The lowest BCUT2D eigenvalue weighted by atomic mass is 10.0. The Balaban J connectivity index is 0.972. The zero-order valence-corrected chi connectivity index (χ0v) is 19.0. The zero-order valence-electron chi connectivity index (χ0n) is 19.0. The summed E-state index contributed by atoms with van der Waals surface area (Å²) in [6.07, 6.45) is 9.04. The van der Waals surface area contributed by atoms with Crippen LogP contribution in [0.2, 0.25) is 0 Å². The van der Waals surface area contributed by atoms with Crippen molar-refractivity contribution in [2.45, 2.75) is 49.9 Å². The number of benzene rings is 2. The lowest BCUT2D eigenvalue weighted by Gasteiger charge is -2.09. The Morgan fingerprint density at radius 2 is 0.941 bits per heavy atom. The van der Waals surface area contributed by atoms with E-state index in [0.29, 0.717) is 12.1 Å². The van der Waals surface area contributed by atoms with Gasteiger partial charge in [0, 0.05) is 12.1 Å². The highest BCUT2D eigenvalue weighted by molar-refractivity contribution is 5.71. The molecule has 2 unspecified atom stereocenters. The van der Waals surface area contributed by atoms with Gasteiger partial charge in [-0.15, -0.1) is 0 Å². The number of rotatable bonds is 5. The molecule has 6 heteroatoms. The van der Waals surface area contributed by atoms with Crippen molar-refractivity contribution >= 4 is 0 Å². The maximum absolute atomic E-state index is 4.65. The van der Waals surface area contributed by atoms with Crippen molar-refractivity contribution < 1.29 is 0 Å². The van der Waals surface area contributed by atoms with Gasteiger partial charge in [-0.05, 0) is 59.8 Å². The normalized spacial score (nSPS) is 30.8. The smallest absolute Gasteiger partial charge is 0.123 e. The molecule has 0 radical (unpaired) electrons. The highest BCUT2D eigenvalue weighted by Crippen LogP contribution is 2.46. The number of fused-ring (bicyclic) bond motifs is 2. The lowest BCUT2D eigenvalue weighted by molar-refractivity contribution is 0.543. The summed E-state index contributed by atoms with van der Waals surface area (Å²) in [5.74, 6) is 3.89. The molecule has 0 bridgehead atoms. The molecule has 8 rings (SSSR count). The SMILES string of the molecule is c1cc(-c2cnc([C@@H]3C[C@H]4CC4N3)[nH]2)ccc1-c1ccc(-c2cnc([C@@H]3C[C@H]4CC4N3)[nH]2)cc1. The predicted molar refractivity (Wildman–Crippen MR) is 132 cm³/mol. The molecule has 6 nitrogen and oxygen atoms in total. The average molecular weight is 449 g/mol. The molecule has 2 aromatic heterocycles. The van der Waals surface area contributed by atoms with E-state index in [1.54, 1.807) is 0 Å². The number of hydrogen-bond donors (Lipinski definition) is 4. The van der Waals surface area contributed by atoms with Crippen LogP contribution in [0, 0.1) is 11.8 Å². The molecule has 4 fully saturated rings. The van der Waals surface area contributed by atoms with Crippen LogP contribution in [0.15, 0.2) is 60.9 Å². The quantitative estimate of drug-likeness (QED) is 0.347. The Morgan fingerprint density at radius 3 is 1.32 bits per heavy atom. The van der Waals surface area contributed by atoms with Crippen molar-refractivity contribution in [3.63, 3.8) is 0 Å². The van der Waals surface area contributed by atoms with Gasteiger partial charge in [-0.1, -0.05) is 48.5 Å². The maximum atomic E-state index is 4.65. The molecular formula is C28H28N6. The monoisotopic (exact) mass is 448 g/mol. The fourth-order valence-corrected chi connectivity index (χ4v) is 6.07. The molecule has 4 N–H and O–H groups in total. The van der Waals surface area contributed by atoms with Gasteiger partial charge in [0.15, 0.2) is 0 Å². The molecule has 2 aliphatic carbocycles. The van der Waals surface area contributed by atoms with Gasteiger partial charge >= 0.3 is 0 Å². The Labute approximate surface area is 198 Å². The Hall–Kier alpha value is -3.22. The van der Waals surface area contributed by atoms with Gasteiger partial charge in [0.25, 0.3) is 0 Å². The molecule has 0 spiro atoms. The second-order valence-corrected chi connectivity index (χ2v) is 10.6. The number of hydrogen-bond acceptors (Lipinski definition) is 4. The highest BCUT2D eigenvalue weighted by Gasteiger charge is 2.47. The van der Waals surface area contributed by atoms with Crippen molar-refractivity contribution in [1.29, 1.82) is 0 Å². The van der Waals surface area contributed by atoms with Crippen LogP contribution in [-0.2, 0) is 0 Å². The van der Waals surface area contributed by atoms with Crippen LogP contribution in [0.4, 0.5) is 0 Å². The first-order valence-corrected chi connectivity index (χ1v) is 12.6. The van der Waals surface area contributed by atoms with E-state index in [9.17, 15) is 0 Å². The maximum Gasteiger partial charge on any atom is 0.123 e. The Kier molecular flexibility index (Phi) is 4.02. The van der Waals surface area contributed by atoms with E-state index in [4.69, 9.17) is 0 Å². The van der Waals surface area contributed by atoms with E-state index < -0.39 is 0 Å². The minimum Gasteiger partial charge on any atom is -0.341 e. The van der Waals surface area contributed by atoms with Crippen LogP contribution in [0.1, 0.15) is 49.4 Å². The lowest BCUT2D eigenvalue weighted by Crippen LogP contribution is -2.18. The number of H-pyrrole nitrogens is 2. The van der Waals surface area contributed by atoms with E-state index in [-0.39, 0.29) is 0 Å². The number of piperidine rings is 2. The molecule has 34 heavy (non-hydrogen) atoms. The van der Waals surface area contributed by atoms with Gasteiger partial charge < -0.3 is 20.6 Å². The summed E-state index contributed by atoms with van der Waals surface area (Å²) < 4.78 is 0. The van der Waals surface area contributed by atoms with Gasteiger partial charge in [0.2, 0.25) is 0 Å². The van der Waals surface area contributed by atoms with Gasteiger partial charge in [0.05, 0.1) is 35.9 Å². The van der Waals surface area contributed by atoms with Crippen LogP contribution in [0.5, 0.6) is 0 Å². The van der Waals surface area contributed by atoms with E-state index in [1.807, 2.05) is 12.4 Å². The minimum absolute atomic E-state index is 0.390. The van der Waals surface area contributed by atoms with Crippen LogP contribution in [0.3, 0.4) is 0 Å². The van der Waals surface area contributed by atoms with Crippen molar-refractivity contribution in [3.8, 4) is 33.6 Å². The summed E-state index contributed by atoms with van der Waals surface area (Å²) >= 11 is 0. The third-order valence-corrected chi connectivity index (χ3v) is 8.33. The zero-order chi connectivity index (χ0) is 22.2. The van der Waals surface area contributed by atoms with Crippen LogP contribution < -0.4 is 10.6 Å². The fraction of sp³-hybridized carbons (Fsp3) is 0.357. The molecule has 4 aromatic rings. The topological polar surface area (TPSA) is 81.4 Å². The number of nitrogens with one attached hydrogen (secondary N) is 4. The van der Waals surface area contributed by atoms with E-state index >= 15 is 0 Å². The molecule has 4 aliphatic rings. The molecule has 170 valence electrons. The van der Waals surface area contributed by atoms with Gasteiger partial charge in [0.1, 0.15) is 11.6 Å². The summed E-state index contributed by atoms with van der Waals surface area (Å²) in [5.41, 5.74) is 6.95. The van der Waals surface area contributed by atoms with E-state index in [2.05, 4.69) is 79.1 Å². The van der Waals surface area contributed by atoms with E-state index in [1.165, 1.54) is 47.9 Å². The molecule has 2 saturated carbocycles. The molecule has 2 aliphatic heterocycles. The highest BCUT2D eigenvalue weighted by atomic mass is 15.1. The molecule has 0 amide bonds.